The molecule has 0 aromatic carbocycles. The maximum Gasteiger partial charge on any atom is 0.315 e. The van der Waals surface area contributed by atoms with Crippen molar-refractivity contribution in [3.63, 3.8) is 0 Å². The van der Waals surface area contributed by atoms with Crippen LogP contribution in [-0.2, 0) is 29.0 Å². The van der Waals surface area contributed by atoms with E-state index in [1.54, 1.807) is 0 Å². The first-order valence-corrected chi connectivity index (χ1v) is 18.3. The Bertz CT molecular complexity index is 1380. The van der Waals surface area contributed by atoms with Gasteiger partial charge in [0.05, 0.1) is 16.5 Å². The fourth-order valence-electron chi connectivity index (χ4n) is 8.97. The topological polar surface area (TPSA) is 185 Å². The molecule has 0 bridgehead atoms. The largest absolute Gasteiger partial charge is 0.363 e. The summed E-state index contributed by atoms with van der Waals surface area (Å²) in [6.07, 6.45) is 5.72. The molecular weight excluding hydrogens is 598 g/mol. The van der Waals surface area contributed by atoms with Crippen molar-refractivity contribution in [1.29, 1.82) is 0 Å². The van der Waals surface area contributed by atoms with Gasteiger partial charge < -0.3 is 26.6 Å². The van der Waals surface area contributed by atoms with E-state index in [1.807, 2.05) is 41.5 Å². The molecule has 5 amide bonds. The summed E-state index contributed by atoms with van der Waals surface area (Å²) in [5, 5.41) is 8.15. The molecule has 5 N–H and O–H groups in total. The predicted molar refractivity (Wildman–Crippen MR) is 167 cm³/mol. The summed E-state index contributed by atoms with van der Waals surface area (Å²) < 4.78 is 26.0. The number of ketones is 1. The van der Waals surface area contributed by atoms with Gasteiger partial charge in [0.25, 0.3) is 5.91 Å². The van der Waals surface area contributed by atoms with Gasteiger partial charge in [-0.2, -0.15) is 0 Å². The van der Waals surface area contributed by atoms with Crippen molar-refractivity contribution in [2.24, 2.45) is 34.3 Å². The maximum atomic E-state index is 14.4. The zero-order valence-electron chi connectivity index (χ0n) is 27.5. The van der Waals surface area contributed by atoms with Gasteiger partial charge in [-0.3, -0.25) is 19.2 Å². The van der Waals surface area contributed by atoms with E-state index in [0.29, 0.717) is 45.1 Å². The van der Waals surface area contributed by atoms with E-state index < -0.39 is 73.2 Å². The summed E-state index contributed by atoms with van der Waals surface area (Å²) >= 11 is 0. The van der Waals surface area contributed by atoms with Crippen molar-refractivity contribution in [3.05, 3.63) is 0 Å². The van der Waals surface area contributed by atoms with Crippen molar-refractivity contribution in [3.8, 4) is 0 Å². The molecule has 13 heteroatoms. The smallest absolute Gasteiger partial charge is 0.315 e. The molecule has 5 aliphatic rings. The molecule has 0 radical (unpaired) electrons. The number of piperidine rings is 1. The fourth-order valence-corrected chi connectivity index (χ4v) is 11.3. The molecule has 7 atom stereocenters. The molecule has 252 valence electrons. The number of carbonyl (C=O) groups excluding carboxylic acids is 5. The lowest BCUT2D eigenvalue weighted by molar-refractivity contribution is -0.145. The van der Waals surface area contributed by atoms with Crippen molar-refractivity contribution in [2.75, 3.05) is 12.3 Å². The molecule has 5 fully saturated rings. The summed E-state index contributed by atoms with van der Waals surface area (Å²) in [5.74, 6) is -2.99. The Morgan fingerprint density at radius 3 is 2.16 bits per heavy atom. The first kappa shape index (κ1) is 33.7. The second-order valence-electron chi connectivity index (χ2n) is 16.0. The maximum absolute atomic E-state index is 14.4. The van der Waals surface area contributed by atoms with Crippen LogP contribution >= 0.6 is 0 Å². The summed E-state index contributed by atoms with van der Waals surface area (Å²) in [6.45, 7) is 11.8. The van der Waals surface area contributed by atoms with Crippen LogP contribution in [0, 0.1) is 28.6 Å². The summed E-state index contributed by atoms with van der Waals surface area (Å²) in [7, 11) is -3.35. The number of nitrogens with zero attached hydrogens (tertiary/aromatic N) is 1. The number of nitrogens with one attached hydrogen (secondary N) is 3. The van der Waals surface area contributed by atoms with Crippen LogP contribution in [0.2, 0.25) is 0 Å². The number of hydrogen-bond acceptors (Lipinski definition) is 7. The second-order valence-corrected chi connectivity index (χ2v) is 18.3. The molecule has 0 spiro atoms. The molecule has 4 unspecified atom stereocenters. The summed E-state index contributed by atoms with van der Waals surface area (Å²) in [4.78, 5) is 68.2. The molecule has 0 aromatic rings. The van der Waals surface area contributed by atoms with E-state index in [9.17, 15) is 32.4 Å². The van der Waals surface area contributed by atoms with Gasteiger partial charge in [-0.05, 0) is 60.7 Å². The van der Waals surface area contributed by atoms with E-state index in [0.717, 1.165) is 19.3 Å². The Balaban J connectivity index is 1.37. The lowest BCUT2D eigenvalue weighted by atomic mass is 9.78. The second kappa shape index (κ2) is 11.2. The van der Waals surface area contributed by atoms with Crippen LogP contribution in [0.1, 0.15) is 99.3 Å². The van der Waals surface area contributed by atoms with Gasteiger partial charge in [-0.15, -0.1) is 0 Å². The van der Waals surface area contributed by atoms with Gasteiger partial charge in [0, 0.05) is 6.54 Å². The highest BCUT2D eigenvalue weighted by Crippen LogP contribution is 2.65. The van der Waals surface area contributed by atoms with Crippen molar-refractivity contribution < 1.29 is 32.4 Å². The van der Waals surface area contributed by atoms with Gasteiger partial charge in [0.1, 0.15) is 17.6 Å². The lowest BCUT2D eigenvalue weighted by Crippen LogP contribution is -2.65. The minimum absolute atomic E-state index is 0.0636. The summed E-state index contributed by atoms with van der Waals surface area (Å²) in [6, 6.07) is -2.48. The Kier molecular flexibility index (Phi) is 8.40. The quantitative estimate of drug-likeness (QED) is 0.274. The predicted octanol–water partition coefficient (Wildman–Crippen LogP) is 1.80. The zero-order chi connectivity index (χ0) is 33.3. The van der Waals surface area contributed by atoms with Crippen LogP contribution in [0.15, 0.2) is 0 Å². The van der Waals surface area contributed by atoms with E-state index >= 15 is 0 Å². The average Bonchev–Trinajstić information content (AvgIpc) is 3.59. The molecule has 3 aliphatic carbocycles. The number of sulfone groups is 1. The summed E-state index contributed by atoms with van der Waals surface area (Å²) in [5.41, 5.74) is 2.17. The molecule has 5 rings (SSSR count). The molecule has 2 heterocycles. The highest BCUT2D eigenvalue weighted by Gasteiger charge is 2.71. The minimum Gasteiger partial charge on any atom is -0.363 e. The highest BCUT2D eigenvalue weighted by molar-refractivity contribution is 7.92. The molecule has 2 aliphatic heterocycles. The van der Waals surface area contributed by atoms with Crippen molar-refractivity contribution >= 4 is 39.4 Å². The number of Topliss-reactive ketones (excluding diaryl/α,β-unsaturated/α-hetero) is 1. The van der Waals surface area contributed by atoms with Gasteiger partial charge in [0.2, 0.25) is 17.6 Å². The number of fused-ring (bicyclic) bond motifs is 1. The highest BCUT2D eigenvalue weighted by atomic mass is 32.2. The third-order valence-corrected chi connectivity index (χ3v) is 14.2. The number of hydrogen-bond donors (Lipinski definition) is 4. The van der Waals surface area contributed by atoms with Crippen LogP contribution < -0.4 is 21.7 Å². The Morgan fingerprint density at radius 2 is 1.64 bits per heavy atom. The van der Waals surface area contributed by atoms with Gasteiger partial charge >= 0.3 is 6.03 Å². The monoisotopic (exact) mass is 649 g/mol. The van der Waals surface area contributed by atoms with E-state index in [-0.39, 0.29) is 28.9 Å². The number of urea groups is 1. The van der Waals surface area contributed by atoms with Crippen molar-refractivity contribution in [1.82, 2.24) is 20.9 Å². The number of amides is 5. The number of rotatable bonds is 9. The lowest BCUT2D eigenvalue weighted by Gasteiger charge is -2.43. The Hall–Kier alpha value is -2.70. The van der Waals surface area contributed by atoms with E-state index in [1.165, 1.54) is 4.90 Å². The van der Waals surface area contributed by atoms with E-state index in [2.05, 4.69) is 16.0 Å². The first-order chi connectivity index (χ1) is 20.8. The third-order valence-electron chi connectivity index (χ3n) is 11.8. The first-order valence-electron chi connectivity index (χ1n) is 16.6. The normalized spacial score (nSPS) is 34.6. The standard InChI is InChI=1S/C32H51N5O7S/c1-7-18-16-32(18,24(38)25(33)39)35-26(40)22-21-19(30(21,5)6)17-37(22)27(41)23(29(2,3)4)34-28(42)36-31(13-9-8-10-14-31)20-12-11-15-45(20,43)44/h18-23H,7-17H2,1-6H3,(H2,33,39)(H,35,40)(H2,34,36,42)/t18-,19?,20?,21?,22-,23-,32?/m0/s1. The average molecular weight is 650 g/mol. The molecule has 45 heavy (non-hydrogen) atoms. The third kappa shape index (κ3) is 5.75. The molecule has 12 nitrogen and oxygen atoms in total. The van der Waals surface area contributed by atoms with Gasteiger partial charge in [-0.1, -0.05) is 67.2 Å². The number of carbonyl (C=O) groups is 5. The van der Waals surface area contributed by atoms with Crippen LogP contribution in [0.25, 0.3) is 0 Å². The minimum atomic E-state index is -3.35. The van der Waals surface area contributed by atoms with Gasteiger partial charge in [0.15, 0.2) is 9.84 Å². The number of nitrogens with two attached hydrogens (primary N) is 1. The van der Waals surface area contributed by atoms with E-state index in [4.69, 9.17) is 5.73 Å². The molecule has 3 saturated carbocycles. The van der Waals surface area contributed by atoms with Gasteiger partial charge in [-0.25, -0.2) is 13.2 Å². The van der Waals surface area contributed by atoms with Crippen LogP contribution in [-0.4, -0.2) is 83.6 Å². The SMILES string of the molecule is CC[C@H]1CC1(NC(=O)[C@@H]1C2C(CN1C(=O)[C@H](NC(=O)NC1(C3CCCS3(=O)=O)CCCCC1)C(C)(C)C)C2(C)C)C(=O)C(N)=O. The number of likely N-dealkylation sites (tertiary alicyclic amines) is 1. The van der Waals surface area contributed by atoms with Crippen LogP contribution in [0.5, 0.6) is 0 Å². The Labute approximate surface area is 266 Å². The molecular formula is C32H51N5O7S. The van der Waals surface area contributed by atoms with Crippen molar-refractivity contribution in [2.45, 2.75) is 128 Å². The van der Waals surface area contributed by atoms with Crippen LogP contribution in [0.3, 0.4) is 0 Å². The molecule has 0 aromatic heterocycles. The Morgan fingerprint density at radius 1 is 1.00 bits per heavy atom. The van der Waals surface area contributed by atoms with Crippen LogP contribution in [0.4, 0.5) is 4.79 Å². The molecule has 2 saturated heterocycles. The fraction of sp³-hybridized carbons (Fsp3) is 0.844. The zero-order valence-corrected chi connectivity index (χ0v) is 28.3. The number of primary amides is 1.